The van der Waals surface area contributed by atoms with Crippen molar-refractivity contribution in [3.63, 3.8) is 0 Å². The van der Waals surface area contributed by atoms with E-state index in [-0.39, 0.29) is 6.42 Å². The summed E-state index contributed by atoms with van der Waals surface area (Å²) in [5.74, 6) is -0.701. The van der Waals surface area contributed by atoms with Crippen molar-refractivity contribution in [3.05, 3.63) is 12.2 Å². The molecule has 0 aromatic heterocycles. The standard InChI is InChI=1S/C46H89NO10/c1-3-5-7-9-11-13-15-17-19-20-22-24-26-28-30-32-34-39(50)45(55)47-37(36-56-46-44(54)43(53)42(52)40(35-48)57-46)41(51)38(49)33-31-29-27-25-23-21-18-16-14-12-10-8-6-4-2/h17,19,37-44,46,48-54H,3-16,18,20-36H2,1-2H3,(H,47,55)/b19-17-. The van der Waals surface area contributed by atoms with Crippen molar-refractivity contribution in [2.75, 3.05) is 13.2 Å². The fourth-order valence-electron chi connectivity index (χ4n) is 7.61. The molecule has 0 aromatic carbocycles. The van der Waals surface area contributed by atoms with Gasteiger partial charge in [0.1, 0.15) is 36.6 Å². The van der Waals surface area contributed by atoms with Gasteiger partial charge >= 0.3 is 0 Å². The first-order valence-corrected chi connectivity index (χ1v) is 23.6. The van der Waals surface area contributed by atoms with Gasteiger partial charge in [0.05, 0.1) is 25.4 Å². The third kappa shape index (κ3) is 26.6. The molecule has 1 heterocycles. The van der Waals surface area contributed by atoms with Crippen LogP contribution < -0.4 is 5.32 Å². The molecule has 8 N–H and O–H groups in total. The Kier molecular flexibility index (Phi) is 34.7. The van der Waals surface area contributed by atoms with E-state index in [1.807, 2.05) is 0 Å². The van der Waals surface area contributed by atoms with Crippen LogP contribution >= 0.6 is 0 Å². The highest BCUT2D eigenvalue weighted by Crippen LogP contribution is 2.23. The number of rotatable bonds is 39. The first-order valence-electron chi connectivity index (χ1n) is 23.6. The molecule has 11 nitrogen and oxygen atoms in total. The van der Waals surface area contributed by atoms with Crippen LogP contribution in [0.25, 0.3) is 0 Å². The minimum atomic E-state index is -1.66. The predicted octanol–water partition coefficient (Wildman–Crippen LogP) is 7.67. The third-order valence-electron chi connectivity index (χ3n) is 11.6. The smallest absolute Gasteiger partial charge is 0.249 e. The Bertz CT molecular complexity index is 939. The summed E-state index contributed by atoms with van der Waals surface area (Å²) in [7, 11) is 0. The average molecular weight is 816 g/mol. The molecule has 11 heteroatoms. The summed E-state index contributed by atoms with van der Waals surface area (Å²) in [6, 6.07) is -1.17. The number of carbonyl (C=O) groups excluding carboxylic acids is 1. The van der Waals surface area contributed by atoms with Crippen LogP contribution in [0.4, 0.5) is 0 Å². The Morgan fingerprint density at radius 1 is 0.596 bits per heavy atom. The van der Waals surface area contributed by atoms with Gasteiger partial charge in [-0.1, -0.05) is 180 Å². The van der Waals surface area contributed by atoms with Crippen molar-refractivity contribution in [2.24, 2.45) is 0 Å². The highest BCUT2D eigenvalue weighted by atomic mass is 16.7. The van der Waals surface area contributed by atoms with Crippen LogP contribution in [0.5, 0.6) is 0 Å². The second kappa shape index (κ2) is 36.7. The zero-order valence-corrected chi connectivity index (χ0v) is 36.3. The molecule has 0 aromatic rings. The zero-order valence-electron chi connectivity index (χ0n) is 36.3. The number of aliphatic hydroxyl groups excluding tert-OH is 7. The van der Waals surface area contributed by atoms with Crippen molar-refractivity contribution in [3.8, 4) is 0 Å². The van der Waals surface area contributed by atoms with E-state index in [1.165, 1.54) is 109 Å². The predicted molar refractivity (Wildman–Crippen MR) is 229 cm³/mol. The van der Waals surface area contributed by atoms with Gasteiger partial charge < -0.3 is 50.5 Å². The SMILES string of the molecule is CCCCCCCC/C=C\CCCCCCCCC(O)C(=O)NC(COC1OC(CO)C(O)C(O)C1O)C(O)C(O)CCCCCCCCCCCCCCCC. The molecule has 0 spiro atoms. The van der Waals surface area contributed by atoms with E-state index in [2.05, 4.69) is 31.3 Å². The van der Waals surface area contributed by atoms with Gasteiger partial charge in [0, 0.05) is 0 Å². The average Bonchev–Trinajstić information content (AvgIpc) is 3.21. The highest BCUT2D eigenvalue weighted by Gasteiger charge is 2.44. The molecule has 1 aliphatic rings. The van der Waals surface area contributed by atoms with Gasteiger partial charge in [-0.05, 0) is 38.5 Å². The van der Waals surface area contributed by atoms with E-state index < -0.39 is 74.2 Å². The lowest BCUT2D eigenvalue weighted by molar-refractivity contribution is -0.303. The largest absolute Gasteiger partial charge is 0.394 e. The number of unbranched alkanes of at least 4 members (excludes halogenated alkanes) is 25. The molecule has 0 bridgehead atoms. The molecule has 0 saturated carbocycles. The maximum atomic E-state index is 13.1. The molecule has 1 amide bonds. The quantitative estimate of drug-likeness (QED) is 0.0226. The molecule has 57 heavy (non-hydrogen) atoms. The first-order chi connectivity index (χ1) is 27.7. The molecular formula is C46H89NO10. The molecular weight excluding hydrogens is 727 g/mol. The van der Waals surface area contributed by atoms with E-state index in [1.54, 1.807) is 0 Å². The fourth-order valence-corrected chi connectivity index (χ4v) is 7.61. The molecule has 1 fully saturated rings. The monoisotopic (exact) mass is 816 g/mol. The normalized spacial score (nSPS) is 22.2. The molecule has 9 atom stereocenters. The van der Waals surface area contributed by atoms with E-state index in [0.29, 0.717) is 19.3 Å². The Hall–Kier alpha value is -1.15. The van der Waals surface area contributed by atoms with Crippen molar-refractivity contribution in [2.45, 2.75) is 262 Å². The van der Waals surface area contributed by atoms with Crippen LogP contribution in [-0.4, -0.2) is 110 Å². The van der Waals surface area contributed by atoms with Crippen molar-refractivity contribution < 1.29 is 50.0 Å². The molecule has 1 aliphatic heterocycles. The minimum absolute atomic E-state index is 0.255. The van der Waals surface area contributed by atoms with E-state index >= 15 is 0 Å². The maximum absolute atomic E-state index is 13.1. The Labute approximate surface area is 347 Å². The number of allylic oxidation sites excluding steroid dienone is 2. The van der Waals surface area contributed by atoms with Gasteiger partial charge in [-0.2, -0.15) is 0 Å². The number of hydrogen-bond acceptors (Lipinski definition) is 10. The van der Waals surface area contributed by atoms with E-state index in [9.17, 15) is 40.5 Å². The molecule has 0 radical (unpaired) electrons. The Balaban J connectivity index is 2.45. The summed E-state index contributed by atoms with van der Waals surface area (Å²) >= 11 is 0. The van der Waals surface area contributed by atoms with Crippen molar-refractivity contribution >= 4 is 5.91 Å². The summed E-state index contributed by atoms with van der Waals surface area (Å²) in [6.07, 6.45) is 26.8. The van der Waals surface area contributed by atoms with Gasteiger partial charge in [0.2, 0.25) is 5.91 Å². The summed E-state index contributed by atoms with van der Waals surface area (Å²) < 4.78 is 11.1. The van der Waals surface area contributed by atoms with Crippen LogP contribution in [-0.2, 0) is 14.3 Å². The molecule has 338 valence electrons. The van der Waals surface area contributed by atoms with Gasteiger partial charge in [0.15, 0.2) is 6.29 Å². The van der Waals surface area contributed by atoms with Crippen LogP contribution in [0.15, 0.2) is 12.2 Å². The van der Waals surface area contributed by atoms with E-state index in [4.69, 9.17) is 9.47 Å². The topological polar surface area (TPSA) is 189 Å². The van der Waals surface area contributed by atoms with Gasteiger partial charge in [-0.15, -0.1) is 0 Å². The number of hydrogen-bond donors (Lipinski definition) is 8. The molecule has 0 aliphatic carbocycles. The maximum Gasteiger partial charge on any atom is 0.249 e. The molecule has 1 saturated heterocycles. The van der Waals surface area contributed by atoms with Gasteiger partial charge in [0.25, 0.3) is 0 Å². The summed E-state index contributed by atoms with van der Waals surface area (Å²) in [4.78, 5) is 13.1. The molecule has 9 unspecified atom stereocenters. The Morgan fingerprint density at radius 3 is 1.47 bits per heavy atom. The van der Waals surface area contributed by atoms with Crippen LogP contribution in [0.1, 0.15) is 206 Å². The number of aliphatic hydroxyl groups is 7. The lowest BCUT2D eigenvalue weighted by atomic mass is 9.98. The van der Waals surface area contributed by atoms with Crippen LogP contribution in [0.3, 0.4) is 0 Å². The highest BCUT2D eigenvalue weighted by molar-refractivity contribution is 5.80. The number of amides is 1. The van der Waals surface area contributed by atoms with Crippen LogP contribution in [0, 0.1) is 0 Å². The Morgan fingerprint density at radius 2 is 1.02 bits per heavy atom. The van der Waals surface area contributed by atoms with Crippen molar-refractivity contribution in [1.29, 1.82) is 0 Å². The van der Waals surface area contributed by atoms with Crippen LogP contribution in [0.2, 0.25) is 0 Å². The summed E-state index contributed by atoms with van der Waals surface area (Å²) in [5.41, 5.74) is 0. The number of carbonyl (C=O) groups is 1. The third-order valence-corrected chi connectivity index (χ3v) is 11.6. The van der Waals surface area contributed by atoms with Gasteiger partial charge in [-0.25, -0.2) is 0 Å². The number of ether oxygens (including phenoxy) is 2. The zero-order chi connectivity index (χ0) is 41.9. The first kappa shape index (κ1) is 53.9. The van der Waals surface area contributed by atoms with Crippen molar-refractivity contribution in [1.82, 2.24) is 5.32 Å². The second-order valence-electron chi connectivity index (χ2n) is 16.8. The summed E-state index contributed by atoms with van der Waals surface area (Å²) in [5, 5.41) is 75.7. The lowest BCUT2D eigenvalue weighted by Gasteiger charge is -2.40. The second-order valence-corrected chi connectivity index (χ2v) is 16.8. The minimum Gasteiger partial charge on any atom is -0.394 e. The van der Waals surface area contributed by atoms with Gasteiger partial charge in [-0.3, -0.25) is 4.79 Å². The summed E-state index contributed by atoms with van der Waals surface area (Å²) in [6.45, 7) is 3.43. The molecule has 1 rings (SSSR count). The van der Waals surface area contributed by atoms with E-state index in [0.717, 1.165) is 57.8 Å². The lowest BCUT2D eigenvalue weighted by Crippen LogP contribution is -2.60. The number of nitrogens with one attached hydrogen (secondary N) is 1. The fraction of sp³-hybridized carbons (Fsp3) is 0.935.